The van der Waals surface area contributed by atoms with E-state index in [-0.39, 0.29) is 6.61 Å². The molecular weight excluding hydrogens is 184 g/mol. The zero-order valence-corrected chi connectivity index (χ0v) is 7.80. The van der Waals surface area contributed by atoms with Crippen LogP contribution in [-0.4, -0.2) is 29.9 Å². The van der Waals surface area contributed by atoms with Gasteiger partial charge in [-0.25, -0.2) is 4.79 Å². The molecule has 4 nitrogen and oxygen atoms in total. The molecule has 14 heavy (non-hydrogen) atoms. The minimum Gasteiger partial charge on any atom is -0.465 e. The molecule has 0 aromatic heterocycles. The number of benzene rings is 1. The molecule has 0 fully saturated rings. The van der Waals surface area contributed by atoms with Gasteiger partial charge in [0.1, 0.15) is 6.10 Å². The molecule has 0 aliphatic carbocycles. The Kier molecular flexibility index (Phi) is 3.62. The molecule has 1 atom stereocenters. The van der Waals surface area contributed by atoms with Crippen molar-refractivity contribution in [2.75, 3.05) is 13.7 Å². The average molecular weight is 196 g/mol. The minimum atomic E-state index is -0.901. The van der Waals surface area contributed by atoms with E-state index in [9.17, 15) is 9.90 Å². The molecule has 0 heterocycles. The van der Waals surface area contributed by atoms with Crippen LogP contribution in [0.5, 0.6) is 0 Å². The summed E-state index contributed by atoms with van der Waals surface area (Å²) in [5, 5.41) is 17.9. The highest BCUT2D eigenvalue weighted by Crippen LogP contribution is 2.13. The van der Waals surface area contributed by atoms with Gasteiger partial charge in [-0.2, -0.15) is 0 Å². The Labute approximate surface area is 81.8 Å². The van der Waals surface area contributed by atoms with Gasteiger partial charge in [0.05, 0.1) is 19.3 Å². The molecule has 2 N–H and O–H groups in total. The maximum atomic E-state index is 11.0. The van der Waals surface area contributed by atoms with Crippen LogP contribution in [0, 0.1) is 0 Å². The number of hydrogen-bond acceptors (Lipinski definition) is 4. The zero-order chi connectivity index (χ0) is 10.6. The lowest BCUT2D eigenvalue weighted by Crippen LogP contribution is -2.04. The fourth-order valence-electron chi connectivity index (χ4n) is 1.06. The summed E-state index contributed by atoms with van der Waals surface area (Å²) in [7, 11) is 1.30. The summed E-state index contributed by atoms with van der Waals surface area (Å²) in [6.07, 6.45) is -0.901. The molecule has 0 bridgehead atoms. The van der Waals surface area contributed by atoms with Crippen molar-refractivity contribution in [2.24, 2.45) is 0 Å². The molecule has 0 saturated carbocycles. The van der Waals surface area contributed by atoms with E-state index in [0.717, 1.165) is 0 Å². The highest BCUT2D eigenvalue weighted by atomic mass is 16.5. The van der Waals surface area contributed by atoms with Crippen molar-refractivity contribution in [3.8, 4) is 0 Å². The van der Waals surface area contributed by atoms with Gasteiger partial charge in [-0.3, -0.25) is 0 Å². The van der Waals surface area contributed by atoms with E-state index in [1.807, 2.05) is 0 Å². The van der Waals surface area contributed by atoms with Gasteiger partial charge < -0.3 is 14.9 Å². The van der Waals surface area contributed by atoms with Crippen LogP contribution in [-0.2, 0) is 4.74 Å². The summed E-state index contributed by atoms with van der Waals surface area (Å²) in [6.45, 7) is -0.336. The van der Waals surface area contributed by atoms with Crippen molar-refractivity contribution in [2.45, 2.75) is 6.10 Å². The van der Waals surface area contributed by atoms with Crippen LogP contribution >= 0.6 is 0 Å². The number of aliphatic hydroxyl groups excluding tert-OH is 2. The van der Waals surface area contributed by atoms with Crippen molar-refractivity contribution in [1.82, 2.24) is 0 Å². The standard InChI is InChI=1S/C10H12O4/c1-14-10(13)8-4-2-7(3-5-8)9(12)6-11/h2-5,9,11-12H,6H2,1H3/t9-/m0/s1. The number of aliphatic hydroxyl groups is 2. The lowest BCUT2D eigenvalue weighted by atomic mass is 10.1. The molecule has 0 spiro atoms. The number of hydrogen-bond donors (Lipinski definition) is 2. The second kappa shape index (κ2) is 4.74. The van der Waals surface area contributed by atoms with Gasteiger partial charge in [0.2, 0.25) is 0 Å². The average Bonchev–Trinajstić information content (AvgIpc) is 2.27. The summed E-state index contributed by atoms with van der Waals surface area (Å²) in [5.74, 6) is -0.421. The third-order valence-electron chi connectivity index (χ3n) is 1.89. The van der Waals surface area contributed by atoms with Gasteiger partial charge >= 0.3 is 5.97 Å². The zero-order valence-electron chi connectivity index (χ0n) is 7.80. The van der Waals surface area contributed by atoms with Gasteiger partial charge in [0.15, 0.2) is 0 Å². The molecule has 0 saturated heterocycles. The minimum absolute atomic E-state index is 0.336. The lowest BCUT2D eigenvalue weighted by Gasteiger charge is -2.07. The van der Waals surface area contributed by atoms with Crippen LogP contribution in [0.25, 0.3) is 0 Å². The summed E-state index contributed by atoms with van der Waals surface area (Å²) in [4.78, 5) is 11.0. The first kappa shape index (κ1) is 10.7. The van der Waals surface area contributed by atoms with Crippen LogP contribution in [0.15, 0.2) is 24.3 Å². The second-order valence-electron chi connectivity index (χ2n) is 2.81. The van der Waals surface area contributed by atoms with Gasteiger partial charge in [-0.05, 0) is 17.7 Å². The van der Waals surface area contributed by atoms with E-state index < -0.39 is 12.1 Å². The summed E-state index contributed by atoms with van der Waals surface area (Å²) in [5.41, 5.74) is 0.988. The molecule has 1 aromatic carbocycles. The SMILES string of the molecule is COC(=O)c1ccc([C@@H](O)CO)cc1. The highest BCUT2D eigenvalue weighted by Gasteiger charge is 2.08. The molecule has 0 radical (unpaired) electrons. The van der Waals surface area contributed by atoms with Crippen LogP contribution in [0.4, 0.5) is 0 Å². The first-order valence-corrected chi connectivity index (χ1v) is 4.16. The monoisotopic (exact) mass is 196 g/mol. The van der Waals surface area contributed by atoms with Gasteiger partial charge in [-0.15, -0.1) is 0 Å². The number of carbonyl (C=O) groups is 1. The molecule has 76 valence electrons. The first-order valence-electron chi connectivity index (χ1n) is 4.16. The predicted octanol–water partition coefficient (Wildman–Crippen LogP) is 0.499. The van der Waals surface area contributed by atoms with Gasteiger partial charge in [-0.1, -0.05) is 12.1 Å². The summed E-state index contributed by atoms with van der Waals surface area (Å²) in [6, 6.07) is 6.24. The van der Waals surface area contributed by atoms with E-state index in [4.69, 9.17) is 5.11 Å². The molecule has 0 amide bonds. The fraction of sp³-hybridized carbons (Fsp3) is 0.300. The number of carbonyl (C=O) groups excluding carboxylic acids is 1. The Bertz CT molecular complexity index is 304. The number of rotatable bonds is 3. The Morgan fingerprint density at radius 2 is 2.00 bits per heavy atom. The molecule has 0 unspecified atom stereocenters. The molecule has 4 heteroatoms. The van der Waals surface area contributed by atoms with E-state index in [1.165, 1.54) is 7.11 Å². The third kappa shape index (κ3) is 2.31. The summed E-state index contributed by atoms with van der Waals surface area (Å²) >= 11 is 0. The molecular formula is C10H12O4. The number of methoxy groups -OCH3 is 1. The van der Waals surface area contributed by atoms with Crippen LogP contribution in [0.3, 0.4) is 0 Å². The maximum absolute atomic E-state index is 11.0. The van der Waals surface area contributed by atoms with Crippen molar-refractivity contribution < 1.29 is 19.7 Å². The van der Waals surface area contributed by atoms with Crippen molar-refractivity contribution >= 4 is 5.97 Å². The molecule has 1 rings (SSSR count). The van der Waals surface area contributed by atoms with Crippen molar-refractivity contribution in [1.29, 1.82) is 0 Å². The molecule has 1 aromatic rings. The Hall–Kier alpha value is -1.39. The van der Waals surface area contributed by atoms with E-state index in [1.54, 1.807) is 24.3 Å². The largest absolute Gasteiger partial charge is 0.465 e. The first-order chi connectivity index (χ1) is 6.69. The smallest absolute Gasteiger partial charge is 0.337 e. The van der Waals surface area contributed by atoms with Gasteiger partial charge in [0.25, 0.3) is 0 Å². The van der Waals surface area contributed by atoms with Gasteiger partial charge in [0, 0.05) is 0 Å². The summed E-state index contributed by atoms with van der Waals surface area (Å²) < 4.78 is 4.51. The Balaban J connectivity index is 2.83. The quantitative estimate of drug-likeness (QED) is 0.691. The topological polar surface area (TPSA) is 66.8 Å². The van der Waals surface area contributed by atoms with Crippen molar-refractivity contribution in [3.63, 3.8) is 0 Å². The molecule has 0 aliphatic heterocycles. The van der Waals surface area contributed by atoms with E-state index >= 15 is 0 Å². The second-order valence-corrected chi connectivity index (χ2v) is 2.81. The van der Waals surface area contributed by atoms with E-state index in [2.05, 4.69) is 4.74 Å². The molecule has 0 aliphatic rings. The fourth-order valence-corrected chi connectivity index (χ4v) is 1.06. The van der Waals surface area contributed by atoms with Crippen LogP contribution in [0.2, 0.25) is 0 Å². The third-order valence-corrected chi connectivity index (χ3v) is 1.89. The Morgan fingerprint density at radius 3 is 2.43 bits per heavy atom. The highest BCUT2D eigenvalue weighted by molar-refractivity contribution is 5.89. The number of ether oxygens (including phenoxy) is 1. The van der Waals surface area contributed by atoms with Crippen LogP contribution < -0.4 is 0 Å². The lowest BCUT2D eigenvalue weighted by molar-refractivity contribution is 0.0600. The Morgan fingerprint density at radius 1 is 1.43 bits per heavy atom. The van der Waals surface area contributed by atoms with Crippen LogP contribution in [0.1, 0.15) is 22.0 Å². The maximum Gasteiger partial charge on any atom is 0.337 e. The van der Waals surface area contributed by atoms with E-state index in [0.29, 0.717) is 11.1 Å². The number of esters is 1. The normalized spacial score (nSPS) is 12.2. The van der Waals surface area contributed by atoms with Crippen molar-refractivity contribution in [3.05, 3.63) is 35.4 Å². The predicted molar refractivity (Wildman–Crippen MR) is 49.8 cm³/mol.